The number of hydrogen-bond donors (Lipinski definition) is 1. The van der Waals surface area contributed by atoms with Gasteiger partial charge in [0.1, 0.15) is 4.90 Å². The Balaban J connectivity index is 2.89. The molecule has 2 rings (SSSR count). The van der Waals surface area contributed by atoms with Crippen LogP contribution < -0.4 is 0 Å². The Morgan fingerprint density at radius 1 is 1.05 bits per heavy atom. The molecule has 0 bridgehead atoms. The molecular weight excluding hydrogens is 272 g/mol. The third-order valence-corrected chi connectivity index (χ3v) is 3.86. The molecule has 0 aliphatic carbocycles. The van der Waals surface area contributed by atoms with Gasteiger partial charge in [-0.25, -0.2) is 0 Å². The summed E-state index contributed by atoms with van der Waals surface area (Å²) in [6.07, 6.45) is 0. The molecule has 2 aromatic carbocycles. The lowest BCUT2D eigenvalue weighted by Gasteiger charge is -2.12. The van der Waals surface area contributed by atoms with Crippen LogP contribution in [-0.2, 0) is 10.1 Å². The summed E-state index contributed by atoms with van der Waals surface area (Å²) in [5.41, 5.74) is 2.84. The summed E-state index contributed by atoms with van der Waals surface area (Å²) in [7, 11) is -4.31. The lowest BCUT2D eigenvalue weighted by atomic mass is 9.95. The van der Waals surface area contributed by atoms with Crippen LogP contribution in [0.3, 0.4) is 0 Å². The van der Waals surface area contributed by atoms with Crippen LogP contribution in [0.25, 0.3) is 11.1 Å². The van der Waals surface area contributed by atoms with E-state index in [1.807, 2.05) is 37.3 Å². The summed E-state index contributed by atoms with van der Waals surface area (Å²) in [4.78, 5) is -0.156. The van der Waals surface area contributed by atoms with Gasteiger partial charge in [0.2, 0.25) is 0 Å². The molecule has 20 heavy (non-hydrogen) atoms. The third-order valence-electron chi connectivity index (χ3n) is 2.97. The van der Waals surface area contributed by atoms with Gasteiger partial charge in [0.25, 0.3) is 10.1 Å². The van der Waals surface area contributed by atoms with E-state index in [4.69, 9.17) is 0 Å². The molecule has 0 aliphatic rings. The monoisotopic (exact) mass is 286 g/mol. The fourth-order valence-electron chi connectivity index (χ4n) is 2.13. The first kappa shape index (κ1) is 14.3. The number of hydrogen-bond acceptors (Lipinski definition) is 2. The maximum absolute atomic E-state index is 11.5. The van der Waals surface area contributed by atoms with E-state index >= 15 is 0 Å². The Morgan fingerprint density at radius 2 is 1.70 bits per heavy atom. The molecule has 0 spiro atoms. The zero-order valence-corrected chi connectivity index (χ0v) is 12.0. The Labute approximate surface area is 119 Å². The number of rotatable bonds is 2. The highest BCUT2D eigenvalue weighted by molar-refractivity contribution is 7.85. The molecule has 1 N–H and O–H groups in total. The third kappa shape index (κ3) is 2.74. The molecule has 0 saturated carbocycles. The van der Waals surface area contributed by atoms with Crippen molar-refractivity contribution in [1.82, 2.24) is 0 Å². The fourth-order valence-corrected chi connectivity index (χ4v) is 2.78. The zero-order valence-electron chi connectivity index (χ0n) is 11.2. The van der Waals surface area contributed by atoms with Crippen molar-refractivity contribution in [3.63, 3.8) is 0 Å². The minimum absolute atomic E-state index is 0.156. The Kier molecular flexibility index (Phi) is 3.93. The highest BCUT2D eigenvalue weighted by atomic mass is 32.2. The summed E-state index contributed by atoms with van der Waals surface area (Å²) in [5.74, 6) is 5.51. The second-order valence-corrected chi connectivity index (χ2v) is 5.74. The van der Waals surface area contributed by atoms with E-state index in [1.165, 1.54) is 6.07 Å². The van der Waals surface area contributed by atoms with Crippen LogP contribution in [0.5, 0.6) is 0 Å². The van der Waals surface area contributed by atoms with E-state index < -0.39 is 10.1 Å². The maximum atomic E-state index is 11.5. The van der Waals surface area contributed by atoms with Crippen LogP contribution >= 0.6 is 0 Å². The van der Waals surface area contributed by atoms with Crippen molar-refractivity contribution in [1.29, 1.82) is 0 Å². The quantitative estimate of drug-likeness (QED) is 0.681. The Morgan fingerprint density at radius 3 is 2.25 bits per heavy atom. The van der Waals surface area contributed by atoms with Crippen molar-refractivity contribution in [3.05, 3.63) is 53.6 Å². The largest absolute Gasteiger partial charge is 0.295 e. The molecule has 0 radical (unpaired) electrons. The van der Waals surface area contributed by atoms with Gasteiger partial charge in [-0.1, -0.05) is 42.3 Å². The van der Waals surface area contributed by atoms with E-state index in [-0.39, 0.29) is 4.90 Å². The zero-order chi connectivity index (χ0) is 14.8. The molecule has 3 nitrogen and oxygen atoms in total. The van der Waals surface area contributed by atoms with Gasteiger partial charge in [0.15, 0.2) is 0 Å². The molecule has 2 aromatic rings. The molecule has 0 aliphatic heterocycles. The highest BCUT2D eigenvalue weighted by Crippen LogP contribution is 2.31. The van der Waals surface area contributed by atoms with Crippen LogP contribution in [0, 0.1) is 18.8 Å². The number of benzene rings is 2. The SMILES string of the molecule is CC#Cc1c(S(=O)(=O)O)ccc(C)c1-c1ccccc1. The second-order valence-electron chi connectivity index (χ2n) is 4.35. The first-order valence-electron chi connectivity index (χ1n) is 6.04. The molecule has 0 unspecified atom stereocenters. The van der Waals surface area contributed by atoms with Crippen molar-refractivity contribution < 1.29 is 13.0 Å². The summed E-state index contributed by atoms with van der Waals surface area (Å²) < 4.78 is 32.4. The van der Waals surface area contributed by atoms with Crippen molar-refractivity contribution in [2.45, 2.75) is 18.7 Å². The van der Waals surface area contributed by atoms with E-state index in [9.17, 15) is 13.0 Å². The summed E-state index contributed by atoms with van der Waals surface area (Å²) in [5, 5.41) is 0. The Bertz CT molecular complexity index is 795. The fraction of sp³-hybridized carbons (Fsp3) is 0.125. The average Bonchev–Trinajstić information content (AvgIpc) is 2.39. The smallest absolute Gasteiger partial charge is 0.282 e. The van der Waals surface area contributed by atoms with Crippen molar-refractivity contribution >= 4 is 10.1 Å². The maximum Gasteiger partial charge on any atom is 0.295 e. The molecule has 0 atom stereocenters. The van der Waals surface area contributed by atoms with E-state index in [2.05, 4.69) is 11.8 Å². The first-order valence-corrected chi connectivity index (χ1v) is 7.48. The van der Waals surface area contributed by atoms with E-state index in [0.717, 1.165) is 16.7 Å². The van der Waals surface area contributed by atoms with Gasteiger partial charge in [-0.2, -0.15) is 8.42 Å². The molecule has 0 fully saturated rings. The summed E-state index contributed by atoms with van der Waals surface area (Å²) in [6, 6.07) is 12.5. The van der Waals surface area contributed by atoms with Gasteiger partial charge in [-0.05, 0) is 31.0 Å². The van der Waals surface area contributed by atoms with Crippen molar-refractivity contribution in [3.8, 4) is 23.0 Å². The molecular formula is C16H14O3S. The Hall–Kier alpha value is -2.09. The van der Waals surface area contributed by atoms with Gasteiger partial charge < -0.3 is 0 Å². The predicted molar refractivity (Wildman–Crippen MR) is 79.0 cm³/mol. The molecule has 4 heteroatoms. The molecule has 0 amide bonds. The van der Waals surface area contributed by atoms with Crippen LogP contribution in [0.1, 0.15) is 18.1 Å². The van der Waals surface area contributed by atoms with Crippen LogP contribution in [0.15, 0.2) is 47.4 Å². The van der Waals surface area contributed by atoms with E-state index in [0.29, 0.717) is 5.56 Å². The van der Waals surface area contributed by atoms with Gasteiger partial charge in [-0.15, -0.1) is 5.92 Å². The first-order chi connectivity index (χ1) is 9.45. The molecule has 0 saturated heterocycles. The van der Waals surface area contributed by atoms with E-state index in [1.54, 1.807) is 13.0 Å². The lowest BCUT2D eigenvalue weighted by Crippen LogP contribution is -2.04. The molecule has 0 aromatic heterocycles. The van der Waals surface area contributed by atoms with Crippen molar-refractivity contribution in [2.24, 2.45) is 0 Å². The average molecular weight is 286 g/mol. The minimum atomic E-state index is -4.31. The lowest BCUT2D eigenvalue weighted by molar-refractivity contribution is 0.483. The van der Waals surface area contributed by atoms with Crippen LogP contribution in [0.2, 0.25) is 0 Å². The van der Waals surface area contributed by atoms with Crippen LogP contribution in [-0.4, -0.2) is 13.0 Å². The second kappa shape index (κ2) is 5.49. The van der Waals surface area contributed by atoms with Gasteiger partial charge in [0, 0.05) is 5.56 Å². The van der Waals surface area contributed by atoms with Gasteiger partial charge in [0.05, 0.1) is 5.56 Å². The van der Waals surface area contributed by atoms with Crippen molar-refractivity contribution in [2.75, 3.05) is 0 Å². The summed E-state index contributed by atoms with van der Waals surface area (Å²) >= 11 is 0. The highest BCUT2D eigenvalue weighted by Gasteiger charge is 2.19. The van der Waals surface area contributed by atoms with Gasteiger partial charge in [-0.3, -0.25) is 4.55 Å². The van der Waals surface area contributed by atoms with Crippen LogP contribution in [0.4, 0.5) is 0 Å². The standard InChI is InChI=1S/C16H14O3S/c1-3-7-14-15(20(17,18)19)11-10-12(2)16(14)13-8-5-4-6-9-13/h4-6,8-11H,1-2H3,(H,17,18,19). The molecule has 102 valence electrons. The summed E-state index contributed by atoms with van der Waals surface area (Å²) in [6.45, 7) is 3.52. The topological polar surface area (TPSA) is 54.4 Å². The molecule has 0 heterocycles. The normalized spacial score (nSPS) is 10.8. The predicted octanol–water partition coefficient (Wildman–Crippen LogP) is 3.28. The minimum Gasteiger partial charge on any atom is -0.282 e. The van der Waals surface area contributed by atoms with Gasteiger partial charge >= 0.3 is 0 Å². The number of aryl methyl sites for hydroxylation is 1.